The summed E-state index contributed by atoms with van der Waals surface area (Å²) in [7, 11) is 0. The number of hydrogen-bond donors (Lipinski definition) is 1. The molecule has 0 aliphatic rings. The summed E-state index contributed by atoms with van der Waals surface area (Å²) in [4.78, 5) is 5.39. The quantitative estimate of drug-likeness (QED) is 0.893. The number of benzene rings is 1. The summed E-state index contributed by atoms with van der Waals surface area (Å²) in [6.07, 6.45) is 2.82. The van der Waals surface area contributed by atoms with E-state index in [1.807, 2.05) is 29.9 Å². The minimum Gasteiger partial charge on any atom is -0.309 e. The second-order valence-electron chi connectivity index (χ2n) is 3.81. The van der Waals surface area contributed by atoms with Gasteiger partial charge in [0.1, 0.15) is 0 Å². The molecule has 17 heavy (non-hydrogen) atoms. The normalized spacial score (nSPS) is 12.6. The molecule has 0 spiro atoms. The molecule has 1 unspecified atom stereocenters. The summed E-state index contributed by atoms with van der Waals surface area (Å²) in [5.41, 5.74) is 3.04. The van der Waals surface area contributed by atoms with Gasteiger partial charge >= 0.3 is 0 Å². The molecule has 0 saturated heterocycles. The van der Waals surface area contributed by atoms with Crippen LogP contribution in [0.15, 0.2) is 36.0 Å². The number of nitrogens with one attached hydrogen (secondary N) is 1. The van der Waals surface area contributed by atoms with Gasteiger partial charge in [0.2, 0.25) is 0 Å². The van der Waals surface area contributed by atoms with Crippen molar-refractivity contribution in [2.24, 2.45) is 0 Å². The van der Waals surface area contributed by atoms with E-state index >= 15 is 0 Å². The van der Waals surface area contributed by atoms with Crippen LogP contribution < -0.4 is 5.32 Å². The highest BCUT2D eigenvalue weighted by Gasteiger charge is 2.13. The Morgan fingerprint density at radius 3 is 2.88 bits per heavy atom. The van der Waals surface area contributed by atoms with Crippen molar-refractivity contribution in [3.05, 3.63) is 51.4 Å². The Kier molecular flexibility index (Phi) is 4.54. The molecule has 1 heterocycles. The van der Waals surface area contributed by atoms with Crippen LogP contribution in [0, 0.1) is 0 Å². The predicted molar refractivity (Wildman–Crippen MR) is 73.7 cm³/mol. The van der Waals surface area contributed by atoms with Gasteiger partial charge in [-0.15, -0.1) is 11.3 Å². The Bertz CT molecular complexity index is 456. The smallest absolute Gasteiger partial charge is 0.0794 e. The number of likely N-dealkylation sites (N-methyl/N-ethyl adjacent to an activating group) is 1. The third-order valence-corrected chi connectivity index (χ3v) is 3.89. The minimum atomic E-state index is 0.299. The van der Waals surface area contributed by atoms with E-state index in [1.165, 1.54) is 10.4 Å². The number of aromatic nitrogens is 1. The summed E-state index contributed by atoms with van der Waals surface area (Å²) >= 11 is 7.87. The van der Waals surface area contributed by atoms with Crippen LogP contribution in [0.3, 0.4) is 0 Å². The first-order chi connectivity index (χ1) is 8.31. The summed E-state index contributed by atoms with van der Waals surface area (Å²) in [6.45, 7) is 3.05. The molecule has 1 aromatic carbocycles. The third-order valence-electron chi connectivity index (χ3n) is 2.63. The number of thiazole rings is 1. The molecule has 2 nitrogen and oxygen atoms in total. The fourth-order valence-corrected chi connectivity index (χ4v) is 2.71. The Labute approximate surface area is 111 Å². The number of halogens is 1. The first-order valence-corrected chi connectivity index (χ1v) is 6.92. The molecule has 2 aromatic rings. The van der Waals surface area contributed by atoms with Gasteiger partial charge in [-0.25, -0.2) is 0 Å². The highest BCUT2D eigenvalue weighted by atomic mass is 35.5. The number of hydrogen-bond acceptors (Lipinski definition) is 3. The number of rotatable bonds is 5. The molecule has 2 rings (SSSR count). The van der Waals surface area contributed by atoms with Gasteiger partial charge in [-0.1, -0.05) is 36.7 Å². The van der Waals surface area contributed by atoms with Crippen LogP contribution >= 0.6 is 22.9 Å². The SMILES string of the molecule is CCNC(Cc1ccccc1Cl)c1cncs1. The van der Waals surface area contributed by atoms with Gasteiger partial charge in [-0.2, -0.15) is 0 Å². The molecule has 0 fully saturated rings. The van der Waals surface area contributed by atoms with Crippen molar-refractivity contribution in [1.29, 1.82) is 0 Å². The molecule has 0 bridgehead atoms. The molecule has 0 saturated carbocycles. The second-order valence-corrected chi connectivity index (χ2v) is 5.13. The second kappa shape index (κ2) is 6.15. The number of nitrogens with zero attached hydrogens (tertiary/aromatic N) is 1. The summed E-state index contributed by atoms with van der Waals surface area (Å²) in [5, 5.41) is 4.31. The lowest BCUT2D eigenvalue weighted by Crippen LogP contribution is -2.22. The maximum Gasteiger partial charge on any atom is 0.0794 e. The molecule has 4 heteroatoms. The monoisotopic (exact) mass is 266 g/mol. The van der Waals surface area contributed by atoms with Crippen LogP contribution in [-0.2, 0) is 6.42 Å². The van der Waals surface area contributed by atoms with Crippen LogP contribution in [0.4, 0.5) is 0 Å². The van der Waals surface area contributed by atoms with Gasteiger partial charge in [0.05, 0.1) is 5.51 Å². The van der Waals surface area contributed by atoms with Crippen molar-refractivity contribution in [1.82, 2.24) is 10.3 Å². The Balaban J connectivity index is 2.16. The van der Waals surface area contributed by atoms with E-state index in [0.717, 1.165) is 18.0 Å². The van der Waals surface area contributed by atoms with Crippen molar-refractivity contribution in [2.45, 2.75) is 19.4 Å². The third kappa shape index (κ3) is 3.28. The maximum absolute atomic E-state index is 6.19. The topological polar surface area (TPSA) is 24.9 Å². The molecule has 1 N–H and O–H groups in total. The largest absolute Gasteiger partial charge is 0.309 e. The molecular formula is C13H15ClN2S. The van der Waals surface area contributed by atoms with E-state index in [-0.39, 0.29) is 0 Å². The summed E-state index contributed by atoms with van der Waals surface area (Å²) < 4.78 is 0. The Hall–Kier alpha value is -0.900. The zero-order valence-electron chi connectivity index (χ0n) is 9.69. The highest BCUT2D eigenvalue weighted by molar-refractivity contribution is 7.09. The van der Waals surface area contributed by atoms with Gasteiger partial charge in [-0.05, 0) is 24.6 Å². The van der Waals surface area contributed by atoms with Gasteiger partial charge in [0.15, 0.2) is 0 Å². The van der Waals surface area contributed by atoms with E-state index in [0.29, 0.717) is 6.04 Å². The van der Waals surface area contributed by atoms with Crippen molar-refractivity contribution in [3.8, 4) is 0 Å². The Morgan fingerprint density at radius 1 is 1.41 bits per heavy atom. The average molecular weight is 267 g/mol. The van der Waals surface area contributed by atoms with Gasteiger partial charge in [0.25, 0.3) is 0 Å². The lowest BCUT2D eigenvalue weighted by molar-refractivity contribution is 0.557. The van der Waals surface area contributed by atoms with Crippen LogP contribution in [0.25, 0.3) is 0 Å². The Morgan fingerprint density at radius 2 is 2.24 bits per heavy atom. The van der Waals surface area contributed by atoms with Crippen LogP contribution in [0.1, 0.15) is 23.4 Å². The molecule has 0 aliphatic heterocycles. The highest BCUT2D eigenvalue weighted by Crippen LogP contribution is 2.25. The lowest BCUT2D eigenvalue weighted by atomic mass is 10.1. The van der Waals surface area contributed by atoms with E-state index < -0.39 is 0 Å². The fourth-order valence-electron chi connectivity index (χ4n) is 1.80. The molecular weight excluding hydrogens is 252 g/mol. The zero-order valence-corrected chi connectivity index (χ0v) is 11.3. The molecule has 1 atom stereocenters. The molecule has 1 aromatic heterocycles. The predicted octanol–water partition coefficient (Wildman–Crippen LogP) is 3.69. The van der Waals surface area contributed by atoms with E-state index in [1.54, 1.807) is 11.3 Å². The lowest BCUT2D eigenvalue weighted by Gasteiger charge is -2.16. The molecule has 0 aliphatic carbocycles. The van der Waals surface area contributed by atoms with Crippen molar-refractivity contribution >= 4 is 22.9 Å². The van der Waals surface area contributed by atoms with Crippen molar-refractivity contribution in [3.63, 3.8) is 0 Å². The van der Waals surface area contributed by atoms with Crippen LogP contribution in [0.2, 0.25) is 5.02 Å². The minimum absolute atomic E-state index is 0.299. The van der Waals surface area contributed by atoms with Crippen LogP contribution in [-0.4, -0.2) is 11.5 Å². The maximum atomic E-state index is 6.19. The average Bonchev–Trinajstić information content (AvgIpc) is 2.85. The van der Waals surface area contributed by atoms with Crippen LogP contribution in [0.5, 0.6) is 0 Å². The molecule has 0 amide bonds. The van der Waals surface area contributed by atoms with Gasteiger partial charge in [-0.3, -0.25) is 4.98 Å². The summed E-state index contributed by atoms with van der Waals surface area (Å²) in [5.74, 6) is 0. The first-order valence-electron chi connectivity index (χ1n) is 5.66. The standard InChI is InChI=1S/C13H15ClN2S/c1-2-16-12(13-8-15-9-17-13)7-10-5-3-4-6-11(10)14/h3-6,8-9,12,16H,2,7H2,1H3. The first kappa shape index (κ1) is 12.6. The van der Waals surface area contributed by atoms with E-state index in [4.69, 9.17) is 11.6 Å². The van der Waals surface area contributed by atoms with Gasteiger partial charge < -0.3 is 5.32 Å². The fraction of sp³-hybridized carbons (Fsp3) is 0.308. The van der Waals surface area contributed by atoms with Gasteiger partial charge in [0, 0.05) is 22.1 Å². The molecule has 90 valence electrons. The molecule has 0 radical (unpaired) electrons. The zero-order chi connectivity index (χ0) is 12.1. The van der Waals surface area contributed by atoms with E-state index in [2.05, 4.69) is 23.3 Å². The van der Waals surface area contributed by atoms with Crippen molar-refractivity contribution in [2.75, 3.05) is 6.54 Å². The van der Waals surface area contributed by atoms with Crippen molar-refractivity contribution < 1.29 is 0 Å². The summed E-state index contributed by atoms with van der Waals surface area (Å²) in [6, 6.07) is 8.30. The van der Waals surface area contributed by atoms with E-state index in [9.17, 15) is 0 Å².